The average molecular weight is 474 g/mol. The maximum absolute atomic E-state index is 13.0. The molecule has 0 bridgehead atoms. The number of aryl methyl sites for hydroxylation is 1. The van der Waals surface area contributed by atoms with Gasteiger partial charge in [-0.2, -0.15) is 14.9 Å². The zero-order chi connectivity index (χ0) is 23.2. The van der Waals surface area contributed by atoms with E-state index in [1.54, 1.807) is 52.0 Å². The highest BCUT2D eigenvalue weighted by molar-refractivity contribution is 6.30. The molecule has 11 heteroatoms. The minimum absolute atomic E-state index is 0.138. The van der Waals surface area contributed by atoms with Crippen LogP contribution in [-0.2, 0) is 0 Å². The van der Waals surface area contributed by atoms with E-state index in [1.165, 1.54) is 6.33 Å². The van der Waals surface area contributed by atoms with Crippen molar-refractivity contribution in [2.75, 3.05) is 12.1 Å². The Morgan fingerprint density at radius 3 is 2.82 bits per heavy atom. The minimum atomic E-state index is -0.320. The maximum atomic E-state index is 13.0. The average Bonchev–Trinajstić information content (AvgIpc) is 3.56. The van der Waals surface area contributed by atoms with E-state index in [2.05, 4.69) is 25.5 Å². The number of carbonyl (C=O) groups excluding carboxylic acids is 1. The van der Waals surface area contributed by atoms with Crippen LogP contribution in [0, 0.1) is 6.92 Å². The number of rotatable bonds is 4. The van der Waals surface area contributed by atoms with Gasteiger partial charge in [0.05, 0.1) is 23.0 Å². The predicted molar refractivity (Wildman–Crippen MR) is 124 cm³/mol. The summed E-state index contributed by atoms with van der Waals surface area (Å²) in [7, 11) is 0. The number of hydrogen-bond acceptors (Lipinski definition) is 7. The molecule has 2 aromatic carbocycles. The molecular weight excluding hydrogens is 458 g/mol. The lowest BCUT2D eigenvalue weighted by molar-refractivity contribution is 0.102. The van der Waals surface area contributed by atoms with Crippen molar-refractivity contribution in [3.63, 3.8) is 0 Å². The van der Waals surface area contributed by atoms with E-state index in [0.29, 0.717) is 50.4 Å². The van der Waals surface area contributed by atoms with Crippen LogP contribution in [0.1, 0.15) is 16.1 Å². The SMILES string of the molecule is Cc1cc(NC(=O)c2ccc3c(c2)OCO3)n(-c2ncnc3c2cnn3-c2cccc(Cl)c2)n1. The van der Waals surface area contributed by atoms with Crippen LogP contribution >= 0.6 is 11.6 Å². The van der Waals surface area contributed by atoms with Crippen LogP contribution in [0.3, 0.4) is 0 Å². The Balaban J connectivity index is 1.38. The van der Waals surface area contributed by atoms with Gasteiger partial charge in [-0.15, -0.1) is 0 Å². The topological polar surface area (TPSA) is 109 Å². The third-order valence-electron chi connectivity index (χ3n) is 5.31. The molecule has 0 unspecified atom stereocenters. The standard InChI is InChI=1S/C23H16ClN7O3/c1-13-7-20(28-23(32)14-5-6-18-19(8-14)34-12-33-18)31(29-13)22-17-10-27-30(21(17)25-11-26-22)16-4-2-3-15(24)9-16/h2-11H,12H2,1H3,(H,28,32). The molecule has 0 spiro atoms. The molecule has 1 aliphatic heterocycles. The first-order valence-corrected chi connectivity index (χ1v) is 10.7. The number of anilines is 1. The first kappa shape index (κ1) is 20.2. The molecule has 0 aliphatic carbocycles. The lowest BCUT2D eigenvalue weighted by Gasteiger charge is -2.09. The van der Waals surface area contributed by atoms with Gasteiger partial charge < -0.3 is 14.8 Å². The van der Waals surface area contributed by atoms with Crippen LogP contribution in [0.5, 0.6) is 11.5 Å². The van der Waals surface area contributed by atoms with Crippen molar-refractivity contribution in [3.05, 3.63) is 77.3 Å². The van der Waals surface area contributed by atoms with Crippen molar-refractivity contribution in [1.29, 1.82) is 0 Å². The molecule has 3 aromatic heterocycles. The van der Waals surface area contributed by atoms with Gasteiger partial charge in [0.2, 0.25) is 6.79 Å². The Bertz CT molecular complexity index is 1580. The molecule has 34 heavy (non-hydrogen) atoms. The second kappa shape index (κ2) is 7.85. The van der Waals surface area contributed by atoms with Crippen LogP contribution in [0.2, 0.25) is 5.02 Å². The van der Waals surface area contributed by atoms with Gasteiger partial charge in [0.15, 0.2) is 23.0 Å². The van der Waals surface area contributed by atoms with Crippen molar-refractivity contribution in [1.82, 2.24) is 29.5 Å². The highest BCUT2D eigenvalue weighted by atomic mass is 35.5. The van der Waals surface area contributed by atoms with Crippen LogP contribution in [0.15, 0.2) is 61.1 Å². The molecule has 0 saturated heterocycles. The summed E-state index contributed by atoms with van der Waals surface area (Å²) in [5.74, 6) is 1.75. The number of fused-ring (bicyclic) bond motifs is 2. The quantitative estimate of drug-likeness (QED) is 0.421. The number of nitrogens with one attached hydrogen (secondary N) is 1. The second-order valence-electron chi connectivity index (χ2n) is 7.58. The molecule has 0 fully saturated rings. The zero-order valence-corrected chi connectivity index (χ0v) is 18.5. The van der Waals surface area contributed by atoms with Gasteiger partial charge in [0.25, 0.3) is 5.91 Å². The summed E-state index contributed by atoms with van der Waals surface area (Å²) < 4.78 is 13.9. The van der Waals surface area contributed by atoms with Crippen molar-refractivity contribution in [2.45, 2.75) is 6.92 Å². The Kier molecular flexibility index (Phi) is 4.66. The first-order valence-electron chi connectivity index (χ1n) is 10.3. The molecule has 0 saturated carbocycles. The largest absolute Gasteiger partial charge is 0.454 e. The van der Waals surface area contributed by atoms with Crippen molar-refractivity contribution in [3.8, 4) is 23.0 Å². The smallest absolute Gasteiger partial charge is 0.256 e. The molecular formula is C23H16ClN7O3. The fourth-order valence-corrected chi connectivity index (χ4v) is 3.96. The molecule has 4 heterocycles. The third-order valence-corrected chi connectivity index (χ3v) is 5.54. The highest BCUT2D eigenvalue weighted by Gasteiger charge is 2.20. The highest BCUT2D eigenvalue weighted by Crippen LogP contribution is 2.33. The van der Waals surface area contributed by atoms with E-state index in [9.17, 15) is 4.79 Å². The summed E-state index contributed by atoms with van der Waals surface area (Å²) in [6.45, 7) is 1.97. The van der Waals surface area contributed by atoms with Crippen molar-refractivity contribution < 1.29 is 14.3 Å². The Morgan fingerprint density at radius 2 is 1.94 bits per heavy atom. The summed E-state index contributed by atoms with van der Waals surface area (Å²) in [5.41, 5.74) is 2.47. The number of benzene rings is 2. The van der Waals surface area contributed by atoms with Gasteiger partial charge in [-0.1, -0.05) is 17.7 Å². The maximum Gasteiger partial charge on any atom is 0.256 e. The summed E-state index contributed by atoms with van der Waals surface area (Å²) in [5, 5.41) is 13.2. The van der Waals surface area contributed by atoms with Gasteiger partial charge in [-0.3, -0.25) is 4.79 Å². The number of amides is 1. The van der Waals surface area contributed by atoms with Crippen LogP contribution in [0.25, 0.3) is 22.5 Å². The number of hydrogen-bond donors (Lipinski definition) is 1. The monoisotopic (exact) mass is 473 g/mol. The molecule has 5 aromatic rings. The molecule has 0 atom stereocenters. The van der Waals surface area contributed by atoms with E-state index in [0.717, 1.165) is 5.69 Å². The summed E-state index contributed by atoms with van der Waals surface area (Å²) in [4.78, 5) is 21.8. The summed E-state index contributed by atoms with van der Waals surface area (Å²) in [6.07, 6.45) is 3.09. The minimum Gasteiger partial charge on any atom is -0.454 e. The number of nitrogens with zero attached hydrogens (tertiary/aromatic N) is 6. The molecule has 1 aliphatic rings. The van der Waals surface area contributed by atoms with E-state index >= 15 is 0 Å². The second-order valence-corrected chi connectivity index (χ2v) is 8.01. The van der Waals surface area contributed by atoms with Gasteiger partial charge in [0.1, 0.15) is 12.1 Å². The number of halogens is 1. The van der Waals surface area contributed by atoms with Crippen molar-refractivity contribution >= 4 is 34.4 Å². The summed E-state index contributed by atoms with van der Waals surface area (Å²) >= 11 is 6.15. The third kappa shape index (κ3) is 3.41. The van der Waals surface area contributed by atoms with E-state index < -0.39 is 0 Å². The zero-order valence-electron chi connectivity index (χ0n) is 17.8. The van der Waals surface area contributed by atoms with E-state index in [4.69, 9.17) is 21.1 Å². The van der Waals surface area contributed by atoms with Gasteiger partial charge in [-0.05, 0) is 43.3 Å². The lowest BCUT2D eigenvalue weighted by atomic mass is 10.2. The van der Waals surface area contributed by atoms with Crippen molar-refractivity contribution in [2.24, 2.45) is 0 Å². The fourth-order valence-electron chi connectivity index (χ4n) is 3.77. The number of carbonyl (C=O) groups is 1. The molecule has 10 nitrogen and oxygen atoms in total. The Labute approximate surface area is 197 Å². The molecule has 1 amide bonds. The van der Waals surface area contributed by atoms with Crippen LogP contribution in [-0.4, -0.2) is 42.2 Å². The van der Waals surface area contributed by atoms with Gasteiger partial charge in [-0.25, -0.2) is 14.6 Å². The van der Waals surface area contributed by atoms with E-state index in [-0.39, 0.29) is 12.7 Å². The van der Waals surface area contributed by atoms with Gasteiger partial charge in [0, 0.05) is 16.7 Å². The first-order chi connectivity index (χ1) is 16.6. The fraction of sp³-hybridized carbons (Fsp3) is 0.0870. The Hall–Kier alpha value is -4.44. The predicted octanol–water partition coefficient (Wildman–Crippen LogP) is 3.94. The molecule has 168 valence electrons. The lowest BCUT2D eigenvalue weighted by Crippen LogP contribution is -2.15. The number of aromatic nitrogens is 6. The van der Waals surface area contributed by atoms with E-state index in [1.807, 2.05) is 19.1 Å². The van der Waals surface area contributed by atoms with Gasteiger partial charge >= 0.3 is 0 Å². The molecule has 1 N–H and O–H groups in total. The normalized spacial score (nSPS) is 12.3. The molecule has 6 rings (SSSR count). The Morgan fingerprint density at radius 1 is 1.06 bits per heavy atom. The van der Waals surface area contributed by atoms with Crippen LogP contribution < -0.4 is 14.8 Å². The summed E-state index contributed by atoms with van der Waals surface area (Å²) in [6, 6.07) is 14.1. The van der Waals surface area contributed by atoms with Crippen LogP contribution in [0.4, 0.5) is 5.82 Å². The molecule has 0 radical (unpaired) electrons. The number of ether oxygens (including phenoxy) is 2.